The molecule has 2 aromatic heterocycles. The SMILES string of the molecule is O=C(Cc1nn[nH]n1)N1CCCC2(CCN(C(=O)c3ccoc3)C2)C1. The first-order valence-corrected chi connectivity index (χ1v) is 8.47. The number of piperidine rings is 1. The van der Waals surface area contributed by atoms with Gasteiger partial charge in [0.15, 0.2) is 5.82 Å². The topological polar surface area (TPSA) is 108 Å². The molecule has 2 aliphatic heterocycles. The Morgan fingerprint density at radius 1 is 1.24 bits per heavy atom. The predicted octanol–water partition coefficient (Wildman–Crippen LogP) is 0.490. The number of tetrazole rings is 1. The van der Waals surface area contributed by atoms with Crippen LogP contribution in [0.25, 0.3) is 0 Å². The van der Waals surface area contributed by atoms with E-state index < -0.39 is 0 Å². The zero-order valence-corrected chi connectivity index (χ0v) is 13.8. The number of H-pyrrole nitrogens is 1. The zero-order valence-electron chi connectivity index (χ0n) is 13.8. The van der Waals surface area contributed by atoms with Gasteiger partial charge in [0, 0.05) is 31.6 Å². The smallest absolute Gasteiger partial charge is 0.257 e. The molecule has 0 saturated carbocycles. The third-order valence-corrected chi connectivity index (χ3v) is 5.21. The Bertz CT molecular complexity index is 744. The Morgan fingerprint density at radius 3 is 2.88 bits per heavy atom. The monoisotopic (exact) mass is 344 g/mol. The molecular weight excluding hydrogens is 324 g/mol. The number of likely N-dealkylation sites (tertiary alicyclic amines) is 2. The Labute approximate surface area is 144 Å². The van der Waals surface area contributed by atoms with E-state index in [1.807, 2.05) is 9.80 Å². The van der Waals surface area contributed by atoms with E-state index >= 15 is 0 Å². The van der Waals surface area contributed by atoms with Gasteiger partial charge in [-0.3, -0.25) is 9.59 Å². The highest BCUT2D eigenvalue weighted by atomic mass is 16.3. The highest BCUT2D eigenvalue weighted by Gasteiger charge is 2.44. The molecule has 0 radical (unpaired) electrons. The molecule has 2 saturated heterocycles. The number of aromatic nitrogens is 4. The molecule has 0 aliphatic carbocycles. The van der Waals surface area contributed by atoms with E-state index in [-0.39, 0.29) is 23.7 Å². The first kappa shape index (κ1) is 15.8. The zero-order chi connectivity index (χ0) is 17.3. The number of amides is 2. The van der Waals surface area contributed by atoms with Crippen molar-refractivity contribution in [3.05, 3.63) is 30.0 Å². The fourth-order valence-corrected chi connectivity index (χ4v) is 3.94. The first-order valence-electron chi connectivity index (χ1n) is 8.47. The van der Waals surface area contributed by atoms with Crippen molar-refractivity contribution in [3.63, 3.8) is 0 Å². The second-order valence-corrected chi connectivity index (χ2v) is 6.91. The Kier molecular flexibility index (Phi) is 3.98. The average Bonchev–Trinajstić information content (AvgIpc) is 3.36. The van der Waals surface area contributed by atoms with Crippen LogP contribution in [0, 0.1) is 5.41 Å². The number of nitrogens with one attached hydrogen (secondary N) is 1. The Balaban J connectivity index is 1.40. The second-order valence-electron chi connectivity index (χ2n) is 6.91. The van der Waals surface area contributed by atoms with E-state index in [0.717, 1.165) is 32.4 Å². The quantitative estimate of drug-likeness (QED) is 0.868. The standard InChI is InChI=1S/C16H20N6O3/c23-14(8-13-17-19-20-18-13)21-5-1-3-16(10-21)4-6-22(11-16)15(24)12-2-7-25-9-12/h2,7,9H,1,3-6,8,10-11H2,(H,17,18,19,20). The number of hydrogen-bond acceptors (Lipinski definition) is 6. The highest BCUT2D eigenvalue weighted by Crippen LogP contribution is 2.39. The number of nitrogens with zero attached hydrogens (tertiary/aromatic N) is 5. The number of furan rings is 1. The average molecular weight is 344 g/mol. The first-order chi connectivity index (χ1) is 12.2. The lowest BCUT2D eigenvalue weighted by Crippen LogP contribution is -2.48. The summed E-state index contributed by atoms with van der Waals surface area (Å²) in [5.41, 5.74) is 0.572. The second kappa shape index (κ2) is 6.30. The van der Waals surface area contributed by atoms with Crippen LogP contribution in [-0.2, 0) is 11.2 Å². The fraction of sp³-hybridized carbons (Fsp3) is 0.562. The van der Waals surface area contributed by atoms with Gasteiger partial charge in [-0.15, -0.1) is 10.2 Å². The van der Waals surface area contributed by atoms with Gasteiger partial charge in [-0.1, -0.05) is 5.21 Å². The summed E-state index contributed by atoms with van der Waals surface area (Å²) in [5, 5.41) is 13.5. The molecule has 2 fully saturated rings. The third-order valence-electron chi connectivity index (χ3n) is 5.21. The van der Waals surface area contributed by atoms with Gasteiger partial charge in [0.05, 0.1) is 18.2 Å². The summed E-state index contributed by atoms with van der Waals surface area (Å²) in [5.74, 6) is 0.425. The molecule has 2 aromatic rings. The fourth-order valence-electron chi connectivity index (χ4n) is 3.94. The van der Waals surface area contributed by atoms with E-state index in [1.165, 1.54) is 12.5 Å². The molecule has 2 amide bonds. The molecule has 4 rings (SSSR count). The molecule has 25 heavy (non-hydrogen) atoms. The maximum absolute atomic E-state index is 12.5. The van der Waals surface area contributed by atoms with E-state index in [4.69, 9.17) is 4.42 Å². The van der Waals surface area contributed by atoms with Crippen molar-refractivity contribution < 1.29 is 14.0 Å². The molecule has 0 aromatic carbocycles. The van der Waals surface area contributed by atoms with Crippen LogP contribution in [0.1, 0.15) is 35.4 Å². The van der Waals surface area contributed by atoms with Crippen LogP contribution < -0.4 is 0 Å². The van der Waals surface area contributed by atoms with Crippen LogP contribution in [0.3, 0.4) is 0 Å². The summed E-state index contributed by atoms with van der Waals surface area (Å²) in [7, 11) is 0. The third kappa shape index (κ3) is 3.13. The minimum absolute atomic E-state index is 0.000808. The Morgan fingerprint density at radius 2 is 2.12 bits per heavy atom. The van der Waals surface area contributed by atoms with Crippen LogP contribution in [0.4, 0.5) is 0 Å². The van der Waals surface area contributed by atoms with Gasteiger partial charge in [0.25, 0.3) is 5.91 Å². The number of carbonyl (C=O) groups is 2. The van der Waals surface area contributed by atoms with E-state index in [2.05, 4.69) is 20.6 Å². The Hall–Kier alpha value is -2.71. The van der Waals surface area contributed by atoms with Gasteiger partial charge in [-0.25, -0.2) is 0 Å². The van der Waals surface area contributed by atoms with Gasteiger partial charge >= 0.3 is 0 Å². The van der Waals surface area contributed by atoms with Crippen LogP contribution >= 0.6 is 0 Å². The van der Waals surface area contributed by atoms with Gasteiger partial charge in [0.2, 0.25) is 5.91 Å². The van der Waals surface area contributed by atoms with Crippen LogP contribution in [0.5, 0.6) is 0 Å². The lowest BCUT2D eigenvalue weighted by molar-refractivity contribution is -0.133. The van der Waals surface area contributed by atoms with Gasteiger partial charge in [0.1, 0.15) is 6.26 Å². The van der Waals surface area contributed by atoms with Crippen molar-refractivity contribution in [3.8, 4) is 0 Å². The van der Waals surface area contributed by atoms with Crippen molar-refractivity contribution in [1.29, 1.82) is 0 Å². The van der Waals surface area contributed by atoms with Crippen molar-refractivity contribution in [2.45, 2.75) is 25.7 Å². The molecule has 132 valence electrons. The molecule has 2 aliphatic rings. The molecule has 1 atom stereocenters. The molecular formula is C16H20N6O3. The maximum atomic E-state index is 12.5. The maximum Gasteiger partial charge on any atom is 0.257 e. The van der Waals surface area contributed by atoms with E-state index in [1.54, 1.807) is 6.07 Å². The number of hydrogen-bond donors (Lipinski definition) is 1. The summed E-state index contributed by atoms with van der Waals surface area (Å²) < 4.78 is 5.01. The lowest BCUT2D eigenvalue weighted by atomic mass is 9.79. The summed E-state index contributed by atoms with van der Waals surface area (Å²) >= 11 is 0. The highest BCUT2D eigenvalue weighted by molar-refractivity contribution is 5.94. The number of rotatable bonds is 3. The largest absolute Gasteiger partial charge is 0.472 e. The normalized spacial score (nSPS) is 23.4. The molecule has 1 N–H and O–H groups in total. The van der Waals surface area contributed by atoms with Crippen LogP contribution in [0.2, 0.25) is 0 Å². The summed E-state index contributed by atoms with van der Waals surface area (Å²) in [4.78, 5) is 28.8. The van der Waals surface area contributed by atoms with Crippen LogP contribution in [0.15, 0.2) is 23.0 Å². The minimum Gasteiger partial charge on any atom is -0.472 e. The minimum atomic E-state index is -0.00937. The number of aromatic amines is 1. The van der Waals surface area contributed by atoms with Crippen molar-refractivity contribution in [2.75, 3.05) is 26.2 Å². The van der Waals surface area contributed by atoms with Gasteiger partial charge in [-0.05, 0) is 25.3 Å². The predicted molar refractivity (Wildman–Crippen MR) is 85.4 cm³/mol. The molecule has 9 nitrogen and oxygen atoms in total. The van der Waals surface area contributed by atoms with E-state index in [0.29, 0.717) is 24.5 Å². The summed E-state index contributed by atoms with van der Waals surface area (Å²) in [6.45, 7) is 2.83. The lowest BCUT2D eigenvalue weighted by Gasteiger charge is -2.40. The van der Waals surface area contributed by atoms with Crippen molar-refractivity contribution in [1.82, 2.24) is 30.4 Å². The van der Waals surface area contributed by atoms with E-state index in [9.17, 15) is 9.59 Å². The molecule has 1 unspecified atom stereocenters. The molecule has 4 heterocycles. The van der Waals surface area contributed by atoms with Crippen LogP contribution in [-0.4, -0.2) is 68.4 Å². The molecule has 9 heteroatoms. The summed E-state index contributed by atoms with van der Waals surface area (Å²) in [6.07, 6.45) is 6.06. The molecule has 1 spiro atoms. The molecule has 0 bridgehead atoms. The van der Waals surface area contributed by atoms with Crippen molar-refractivity contribution in [2.24, 2.45) is 5.41 Å². The van der Waals surface area contributed by atoms with Gasteiger partial charge < -0.3 is 14.2 Å². The van der Waals surface area contributed by atoms with Crippen molar-refractivity contribution >= 4 is 11.8 Å². The number of carbonyl (C=O) groups excluding carboxylic acids is 2. The summed E-state index contributed by atoms with van der Waals surface area (Å²) in [6, 6.07) is 1.69. The van der Waals surface area contributed by atoms with Gasteiger partial charge in [-0.2, -0.15) is 5.21 Å².